The average Bonchev–Trinajstić information content (AvgIpc) is 3.21. The van der Waals surface area contributed by atoms with E-state index in [2.05, 4.69) is 20.7 Å². The third kappa shape index (κ3) is 4.03. The molecule has 0 unspecified atom stereocenters. The first-order chi connectivity index (χ1) is 11.6. The van der Waals surface area contributed by atoms with Crippen molar-refractivity contribution < 1.29 is 9.18 Å². The van der Waals surface area contributed by atoms with E-state index in [0.717, 1.165) is 11.1 Å². The Balaban J connectivity index is 1.72. The van der Waals surface area contributed by atoms with Gasteiger partial charge in [-0.2, -0.15) is 5.10 Å². The Bertz CT molecular complexity index is 800. The molecule has 3 aromatic rings. The summed E-state index contributed by atoms with van der Waals surface area (Å²) in [5, 5.41) is 12.4. The number of aromatic nitrogens is 3. The topological polar surface area (TPSA) is 71.8 Å². The minimum atomic E-state index is -0.301. The van der Waals surface area contributed by atoms with E-state index in [-0.39, 0.29) is 24.3 Å². The van der Waals surface area contributed by atoms with Gasteiger partial charge in [0.05, 0.1) is 18.8 Å². The normalized spacial score (nSPS) is 12.1. The average molecular weight is 345 g/mol. The lowest BCUT2D eigenvalue weighted by Crippen LogP contribution is -2.31. The fourth-order valence-electron chi connectivity index (χ4n) is 2.32. The molecule has 0 saturated heterocycles. The van der Waals surface area contributed by atoms with Crippen LogP contribution in [0.25, 0.3) is 0 Å². The van der Waals surface area contributed by atoms with E-state index in [4.69, 9.17) is 0 Å². The second-order valence-electron chi connectivity index (χ2n) is 5.20. The summed E-state index contributed by atoms with van der Waals surface area (Å²) < 4.78 is 14.9. The largest absolute Gasteiger partial charge is 0.301 e. The van der Waals surface area contributed by atoms with E-state index in [1.54, 1.807) is 34.6 Å². The number of aryl methyl sites for hydroxylation is 1. The number of halogens is 1. The Morgan fingerprint density at radius 1 is 1.33 bits per heavy atom. The molecule has 2 N–H and O–H groups in total. The monoisotopic (exact) mass is 345 g/mol. The first kappa shape index (κ1) is 16.3. The maximum Gasteiger partial charge on any atom is 0.240 e. The maximum atomic E-state index is 13.2. The first-order valence-corrected chi connectivity index (χ1v) is 8.16. The molecule has 24 heavy (non-hydrogen) atoms. The van der Waals surface area contributed by atoms with Gasteiger partial charge >= 0.3 is 0 Å². The van der Waals surface area contributed by atoms with Crippen LogP contribution in [0.2, 0.25) is 0 Å². The third-order valence-electron chi connectivity index (χ3n) is 3.41. The number of hydrogen-bond donors (Lipinski definition) is 2. The third-order valence-corrected chi connectivity index (χ3v) is 4.10. The highest BCUT2D eigenvalue weighted by Gasteiger charge is 2.17. The lowest BCUT2D eigenvalue weighted by molar-refractivity contribution is -0.115. The van der Waals surface area contributed by atoms with Gasteiger partial charge in [-0.05, 0) is 17.7 Å². The molecule has 0 bridgehead atoms. The van der Waals surface area contributed by atoms with Gasteiger partial charge in [0.15, 0.2) is 5.13 Å². The summed E-state index contributed by atoms with van der Waals surface area (Å²) in [6, 6.07) is 5.92. The molecule has 0 aliphatic heterocycles. The highest BCUT2D eigenvalue weighted by Crippen LogP contribution is 2.21. The lowest BCUT2D eigenvalue weighted by Gasteiger charge is -2.17. The summed E-state index contributed by atoms with van der Waals surface area (Å²) in [4.78, 5) is 16.1. The molecule has 0 aliphatic rings. The van der Waals surface area contributed by atoms with Crippen LogP contribution in [-0.4, -0.2) is 27.2 Å². The van der Waals surface area contributed by atoms with Gasteiger partial charge in [-0.25, -0.2) is 9.37 Å². The van der Waals surface area contributed by atoms with E-state index in [1.165, 1.54) is 23.5 Å². The van der Waals surface area contributed by atoms with Crippen molar-refractivity contribution in [2.45, 2.75) is 6.04 Å². The zero-order valence-electron chi connectivity index (χ0n) is 12.9. The van der Waals surface area contributed by atoms with Crippen molar-refractivity contribution in [1.82, 2.24) is 20.1 Å². The van der Waals surface area contributed by atoms with Crippen LogP contribution in [0.5, 0.6) is 0 Å². The van der Waals surface area contributed by atoms with Crippen molar-refractivity contribution in [3.8, 4) is 0 Å². The molecule has 1 amide bonds. The van der Waals surface area contributed by atoms with Crippen LogP contribution in [0.15, 0.2) is 48.2 Å². The van der Waals surface area contributed by atoms with Crippen LogP contribution in [0.4, 0.5) is 9.52 Å². The van der Waals surface area contributed by atoms with Crippen LogP contribution in [0, 0.1) is 5.82 Å². The molecule has 0 fully saturated rings. The van der Waals surface area contributed by atoms with Crippen molar-refractivity contribution in [3.63, 3.8) is 0 Å². The molecular formula is C16H16FN5OS. The fourth-order valence-corrected chi connectivity index (χ4v) is 2.86. The molecule has 1 aromatic carbocycles. The predicted octanol–water partition coefficient (Wildman–Crippen LogP) is 2.33. The number of thiazole rings is 1. The summed E-state index contributed by atoms with van der Waals surface area (Å²) >= 11 is 1.36. The number of nitrogens with zero attached hydrogens (tertiary/aromatic N) is 3. The van der Waals surface area contributed by atoms with Crippen molar-refractivity contribution in [1.29, 1.82) is 0 Å². The van der Waals surface area contributed by atoms with E-state index in [1.807, 2.05) is 13.2 Å². The second kappa shape index (κ2) is 7.33. The van der Waals surface area contributed by atoms with Gasteiger partial charge < -0.3 is 5.32 Å². The van der Waals surface area contributed by atoms with E-state index >= 15 is 0 Å². The van der Waals surface area contributed by atoms with Gasteiger partial charge in [-0.3, -0.25) is 14.8 Å². The first-order valence-electron chi connectivity index (χ1n) is 7.28. The summed E-state index contributed by atoms with van der Waals surface area (Å²) in [5.41, 5.74) is 1.75. The minimum absolute atomic E-state index is 0.0938. The van der Waals surface area contributed by atoms with Crippen molar-refractivity contribution in [2.24, 2.45) is 7.05 Å². The van der Waals surface area contributed by atoms with Gasteiger partial charge in [0.2, 0.25) is 5.91 Å². The number of anilines is 1. The summed E-state index contributed by atoms with van der Waals surface area (Å²) in [6.07, 6.45) is 5.21. The van der Waals surface area contributed by atoms with Crippen LogP contribution in [-0.2, 0) is 11.8 Å². The van der Waals surface area contributed by atoms with Gasteiger partial charge in [0.1, 0.15) is 5.82 Å². The molecule has 0 spiro atoms. The number of nitrogens with one attached hydrogen (secondary N) is 2. The highest BCUT2D eigenvalue weighted by atomic mass is 32.1. The standard InChI is InChI=1S/C16H16FN5OS/c1-22-10-12(8-20-22)15(11-2-4-13(17)5-3-11)19-9-14(23)21-16-18-6-7-24-16/h2-8,10,15,19H,9H2,1H3,(H,18,21,23)/t15-/m1/s1. The number of benzene rings is 1. The number of rotatable bonds is 6. The molecule has 2 heterocycles. The van der Waals surface area contributed by atoms with Crippen molar-refractivity contribution in [2.75, 3.05) is 11.9 Å². The number of carbonyl (C=O) groups excluding carboxylic acids is 1. The van der Waals surface area contributed by atoms with Crippen LogP contribution < -0.4 is 10.6 Å². The van der Waals surface area contributed by atoms with Gasteiger partial charge in [-0.15, -0.1) is 11.3 Å². The second-order valence-corrected chi connectivity index (χ2v) is 6.09. The fraction of sp³-hybridized carbons (Fsp3) is 0.188. The molecule has 3 rings (SSSR count). The molecule has 8 heteroatoms. The Labute approximate surface area is 142 Å². The summed E-state index contributed by atoms with van der Waals surface area (Å²) in [6.45, 7) is 0.0938. The van der Waals surface area contributed by atoms with Gasteiger partial charge in [-0.1, -0.05) is 12.1 Å². The number of hydrogen-bond acceptors (Lipinski definition) is 5. The van der Waals surface area contributed by atoms with E-state index < -0.39 is 0 Å². The Morgan fingerprint density at radius 3 is 2.75 bits per heavy atom. The van der Waals surface area contributed by atoms with Crippen molar-refractivity contribution >= 4 is 22.4 Å². The lowest BCUT2D eigenvalue weighted by atomic mass is 10.0. The van der Waals surface area contributed by atoms with Gasteiger partial charge in [0.25, 0.3) is 0 Å². The molecule has 0 saturated carbocycles. The Morgan fingerprint density at radius 2 is 2.12 bits per heavy atom. The predicted molar refractivity (Wildman–Crippen MR) is 90.2 cm³/mol. The van der Waals surface area contributed by atoms with Crippen LogP contribution in [0.3, 0.4) is 0 Å². The smallest absolute Gasteiger partial charge is 0.240 e. The molecule has 6 nitrogen and oxygen atoms in total. The van der Waals surface area contributed by atoms with Gasteiger partial charge in [0, 0.05) is 30.4 Å². The van der Waals surface area contributed by atoms with Crippen LogP contribution >= 0.6 is 11.3 Å². The molecule has 124 valence electrons. The summed E-state index contributed by atoms with van der Waals surface area (Å²) in [5.74, 6) is -0.494. The number of amides is 1. The minimum Gasteiger partial charge on any atom is -0.301 e. The highest BCUT2D eigenvalue weighted by molar-refractivity contribution is 7.13. The SMILES string of the molecule is Cn1cc([C@H](NCC(=O)Nc2nccs2)c2ccc(F)cc2)cn1. The Kier molecular flexibility index (Phi) is 4.97. The van der Waals surface area contributed by atoms with Crippen molar-refractivity contribution in [3.05, 3.63) is 65.2 Å². The molecule has 1 atom stereocenters. The maximum absolute atomic E-state index is 13.2. The Hall–Kier alpha value is -2.58. The zero-order valence-corrected chi connectivity index (χ0v) is 13.8. The number of carbonyl (C=O) groups is 1. The molecule has 0 aliphatic carbocycles. The molecule has 0 radical (unpaired) electrons. The summed E-state index contributed by atoms with van der Waals surface area (Å²) in [7, 11) is 1.82. The van der Waals surface area contributed by atoms with E-state index in [0.29, 0.717) is 5.13 Å². The quantitative estimate of drug-likeness (QED) is 0.719. The van der Waals surface area contributed by atoms with E-state index in [9.17, 15) is 9.18 Å². The molecule has 2 aromatic heterocycles. The van der Waals surface area contributed by atoms with Crippen LogP contribution in [0.1, 0.15) is 17.2 Å². The molecular weight excluding hydrogens is 329 g/mol. The zero-order chi connectivity index (χ0) is 16.9.